The van der Waals surface area contributed by atoms with Gasteiger partial charge in [0.05, 0.1) is 11.3 Å². The maximum atomic E-state index is 12.8. The van der Waals surface area contributed by atoms with Gasteiger partial charge in [-0.15, -0.1) is 21.5 Å². The zero-order chi connectivity index (χ0) is 26.0. The number of halogens is 1. The third-order valence-electron chi connectivity index (χ3n) is 6.23. The molecule has 2 amide bonds. The summed E-state index contributed by atoms with van der Waals surface area (Å²) in [7, 11) is 0. The molecule has 11 heteroatoms. The predicted molar refractivity (Wildman–Crippen MR) is 144 cm³/mol. The van der Waals surface area contributed by atoms with Gasteiger partial charge in [-0.05, 0) is 74.8 Å². The van der Waals surface area contributed by atoms with Crippen LogP contribution in [0, 0.1) is 19.8 Å². The van der Waals surface area contributed by atoms with E-state index in [1.165, 1.54) is 23.1 Å². The summed E-state index contributed by atoms with van der Waals surface area (Å²) in [5, 5.41) is 13.3. The second-order valence-electron chi connectivity index (χ2n) is 9.06. The van der Waals surface area contributed by atoms with Crippen LogP contribution >= 0.6 is 34.7 Å². The number of nitrogens with zero attached hydrogens (tertiary/aromatic N) is 3. The average molecular weight is 548 g/mol. The summed E-state index contributed by atoms with van der Waals surface area (Å²) in [4.78, 5) is 26.1. The minimum Gasteiger partial charge on any atom is -0.486 e. The van der Waals surface area contributed by atoms with Gasteiger partial charge in [-0.3, -0.25) is 9.59 Å². The van der Waals surface area contributed by atoms with Crippen molar-refractivity contribution >= 4 is 51.5 Å². The molecular weight excluding hydrogens is 518 g/mol. The molecule has 0 spiro atoms. The third kappa shape index (κ3) is 5.71. The van der Waals surface area contributed by atoms with Gasteiger partial charge in [-0.2, -0.15) is 0 Å². The molecule has 36 heavy (non-hydrogen) atoms. The fraction of sp³-hybridized carbons (Fsp3) is 0.440. The number of ether oxygens (including phenoxy) is 1. The van der Waals surface area contributed by atoms with Crippen LogP contribution in [0.4, 0.5) is 5.00 Å². The number of carbonyl (C=O) groups excluding carboxylic acids is 2. The van der Waals surface area contributed by atoms with Crippen LogP contribution in [-0.2, 0) is 30.8 Å². The number of fused-ring (bicyclic) bond motifs is 1. The van der Waals surface area contributed by atoms with Gasteiger partial charge in [-0.1, -0.05) is 30.3 Å². The summed E-state index contributed by atoms with van der Waals surface area (Å²) in [5.74, 6) is 1.36. The maximum absolute atomic E-state index is 12.8. The number of primary amides is 1. The molecule has 3 aromatic rings. The molecule has 0 radical (unpaired) electrons. The van der Waals surface area contributed by atoms with E-state index in [4.69, 9.17) is 22.1 Å². The largest absolute Gasteiger partial charge is 0.486 e. The van der Waals surface area contributed by atoms with E-state index in [2.05, 4.69) is 22.4 Å². The lowest BCUT2D eigenvalue weighted by atomic mass is 9.88. The quantitative estimate of drug-likeness (QED) is 0.358. The first-order valence-corrected chi connectivity index (χ1v) is 14.0. The van der Waals surface area contributed by atoms with E-state index in [1.54, 1.807) is 0 Å². The number of carbonyl (C=O) groups is 2. The number of thioether (sulfide) groups is 1. The minimum absolute atomic E-state index is 0.131. The van der Waals surface area contributed by atoms with Crippen LogP contribution in [-0.4, -0.2) is 32.3 Å². The van der Waals surface area contributed by atoms with E-state index in [-0.39, 0.29) is 18.3 Å². The second kappa shape index (κ2) is 11.2. The number of nitrogens with two attached hydrogens (primary N) is 1. The SMILES string of the molecule is CCn1c(COc2cc(C)c(Cl)c(C)c2)nnc1SCC(=O)Nc1sc2c(c1C(N)=O)CCC(C)C2. The average Bonchev–Trinajstić information content (AvgIpc) is 3.39. The zero-order valence-corrected chi connectivity index (χ0v) is 23.2. The summed E-state index contributed by atoms with van der Waals surface area (Å²) in [6, 6.07) is 3.79. The van der Waals surface area contributed by atoms with Crippen molar-refractivity contribution < 1.29 is 14.3 Å². The van der Waals surface area contributed by atoms with Crippen LogP contribution < -0.4 is 15.8 Å². The molecule has 1 aliphatic rings. The fourth-order valence-corrected chi connectivity index (χ4v) is 6.74. The van der Waals surface area contributed by atoms with Gasteiger partial charge >= 0.3 is 0 Å². The molecule has 192 valence electrons. The van der Waals surface area contributed by atoms with E-state index in [0.717, 1.165) is 45.9 Å². The number of hydrogen-bond acceptors (Lipinski definition) is 7. The van der Waals surface area contributed by atoms with Crippen molar-refractivity contribution in [3.63, 3.8) is 0 Å². The number of hydrogen-bond donors (Lipinski definition) is 2. The Balaban J connectivity index is 1.40. The number of aryl methyl sites for hydroxylation is 2. The smallest absolute Gasteiger partial charge is 0.251 e. The van der Waals surface area contributed by atoms with E-state index in [9.17, 15) is 9.59 Å². The molecule has 0 aliphatic heterocycles. The molecule has 4 rings (SSSR count). The lowest BCUT2D eigenvalue weighted by molar-refractivity contribution is -0.113. The Morgan fingerprint density at radius 1 is 1.31 bits per heavy atom. The highest BCUT2D eigenvalue weighted by atomic mass is 35.5. The summed E-state index contributed by atoms with van der Waals surface area (Å²) < 4.78 is 7.86. The van der Waals surface area contributed by atoms with Crippen LogP contribution in [0.15, 0.2) is 17.3 Å². The van der Waals surface area contributed by atoms with Crippen LogP contribution in [0.5, 0.6) is 5.75 Å². The van der Waals surface area contributed by atoms with Crippen molar-refractivity contribution in [1.29, 1.82) is 0 Å². The monoisotopic (exact) mass is 547 g/mol. The molecule has 0 fully saturated rings. The minimum atomic E-state index is -0.494. The number of thiophene rings is 1. The lowest BCUT2D eigenvalue weighted by Crippen LogP contribution is -2.20. The molecule has 1 unspecified atom stereocenters. The van der Waals surface area contributed by atoms with Crippen molar-refractivity contribution in [3.05, 3.63) is 50.1 Å². The number of amides is 2. The first-order valence-electron chi connectivity index (χ1n) is 11.9. The number of rotatable bonds is 9. The third-order valence-corrected chi connectivity index (χ3v) is 8.96. The lowest BCUT2D eigenvalue weighted by Gasteiger charge is -2.18. The molecule has 2 aromatic heterocycles. The Morgan fingerprint density at radius 2 is 2.03 bits per heavy atom. The molecule has 1 aliphatic carbocycles. The summed E-state index contributed by atoms with van der Waals surface area (Å²) >= 11 is 9.00. The molecule has 0 saturated heterocycles. The van der Waals surface area contributed by atoms with Gasteiger partial charge in [0.25, 0.3) is 5.91 Å². The van der Waals surface area contributed by atoms with Crippen molar-refractivity contribution in [3.8, 4) is 5.75 Å². The van der Waals surface area contributed by atoms with Gasteiger partial charge in [0, 0.05) is 16.4 Å². The molecule has 1 atom stereocenters. The molecular formula is C25H30ClN5O3S2. The van der Waals surface area contributed by atoms with Crippen LogP contribution in [0.25, 0.3) is 0 Å². The number of anilines is 1. The number of aromatic nitrogens is 3. The maximum Gasteiger partial charge on any atom is 0.251 e. The van der Waals surface area contributed by atoms with Crippen molar-refractivity contribution in [2.45, 2.75) is 65.3 Å². The van der Waals surface area contributed by atoms with E-state index < -0.39 is 5.91 Å². The fourth-order valence-electron chi connectivity index (χ4n) is 4.38. The Kier molecular flexibility index (Phi) is 8.27. The topological polar surface area (TPSA) is 112 Å². The van der Waals surface area contributed by atoms with Gasteiger partial charge in [0.2, 0.25) is 5.91 Å². The second-order valence-corrected chi connectivity index (χ2v) is 11.5. The summed E-state index contributed by atoms with van der Waals surface area (Å²) in [6.45, 7) is 8.95. The van der Waals surface area contributed by atoms with Crippen LogP contribution in [0.2, 0.25) is 5.02 Å². The Hall–Kier alpha value is -2.56. The molecule has 3 N–H and O–H groups in total. The first kappa shape index (κ1) is 26.5. The van der Waals surface area contributed by atoms with E-state index >= 15 is 0 Å². The summed E-state index contributed by atoms with van der Waals surface area (Å²) in [5.41, 5.74) is 9.02. The molecule has 0 bridgehead atoms. The Morgan fingerprint density at radius 3 is 2.69 bits per heavy atom. The Labute approximate surface area is 224 Å². The molecule has 8 nitrogen and oxygen atoms in total. The molecule has 1 aromatic carbocycles. The molecule has 2 heterocycles. The van der Waals surface area contributed by atoms with Crippen molar-refractivity contribution in [2.75, 3.05) is 11.1 Å². The van der Waals surface area contributed by atoms with Gasteiger partial charge in [-0.25, -0.2) is 0 Å². The Bertz CT molecular complexity index is 1280. The molecule has 0 saturated carbocycles. The van der Waals surface area contributed by atoms with Crippen LogP contribution in [0.1, 0.15) is 58.0 Å². The highest BCUT2D eigenvalue weighted by Gasteiger charge is 2.27. The standard InChI is InChI=1S/C25H30ClN5O3S2/c1-5-31-19(11-34-16-9-14(3)22(26)15(4)10-16)29-30-25(31)35-12-20(32)28-24-21(23(27)33)17-7-6-13(2)8-18(17)36-24/h9-10,13H,5-8,11-12H2,1-4H3,(H2,27,33)(H,28,32). The predicted octanol–water partition coefficient (Wildman–Crippen LogP) is 5.16. The first-order chi connectivity index (χ1) is 17.2. The number of benzene rings is 1. The van der Waals surface area contributed by atoms with Gasteiger partial charge in [0.15, 0.2) is 11.0 Å². The summed E-state index contributed by atoms with van der Waals surface area (Å²) in [6.07, 6.45) is 2.74. The highest BCUT2D eigenvalue weighted by molar-refractivity contribution is 7.99. The van der Waals surface area contributed by atoms with Gasteiger partial charge < -0.3 is 20.4 Å². The van der Waals surface area contributed by atoms with Crippen molar-refractivity contribution in [1.82, 2.24) is 14.8 Å². The highest BCUT2D eigenvalue weighted by Crippen LogP contribution is 2.39. The van der Waals surface area contributed by atoms with Crippen molar-refractivity contribution in [2.24, 2.45) is 11.7 Å². The van der Waals surface area contributed by atoms with Gasteiger partial charge in [0.1, 0.15) is 17.4 Å². The van der Waals surface area contributed by atoms with Crippen LogP contribution in [0.3, 0.4) is 0 Å². The van der Waals surface area contributed by atoms with E-state index in [0.29, 0.717) is 39.8 Å². The normalized spacial score (nSPS) is 15.0. The number of nitrogens with one attached hydrogen (secondary N) is 1. The van der Waals surface area contributed by atoms with E-state index in [1.807, 2.05) is 37.5 Å². The zero-order valence-electron chi connectivity index (χ0n) is 20.8.